The molecule has 0 aromatic heterocycles. The maximum Gasteiger partial charge on any atom is 0.412 e. The molecule has 1 fully saturated rings. The Morgan fingerprint density at radius 1 is 1.09 bits per heavy atom. The Balaban J connectivity index is 1.46. The molecule has 2 aromatic carbocycles. The van der Waals surface area contributed by atoms with Crippen LogP contribution in [0.5, 0.6) is 0 Å². The van der Waals surface area contributed by atoms with Crippen LogP contribution in [0.4, 0.5) is 15.3 Å². The van der Waals surface area contributed by atoms with Gasteiger partial charge in [0.05, 0.1) is 16.3 Å². The number of hydrogen-bond donors (Lipinski definition) is 3. The minimum Gasteiger partial charge on any atom is -0.478 e. The first kappa shape index (κ1) is 23.4. The normalized spacial score (nSPS) is 17.2. The molecule has 3 rings (SSSR count). The van der Waals surface area contributed by atoms with Crippen molar-refractivity contribution in [3.63, 3.8) is 0 Å². The number of carboxylic acid groups (broad SMARTS) is 1. The Kier molecular flexibility index (Phi) is 6.93. The molecule has 32 heavy (non-hydrogen) atoms. The smallest absolute Gasteiger partial charge is 0.412 e. The number of halogens is 1. The van der Waals surface area contributed by atoms with Gasteiger partial charge in [0.15, 0.2) is 0 Å². The lowest BCUT2D eigenvalue weighted by atomic mass is 10.1. The van der Waals surface area contributed by atoms with E-state index in [4.69, 9.17) is 26.2 Å². The largest absolute Gasteiger partial charge is 0.478 e. The molecule has 0 spiro atoms. The molecule has 1 saturated carbocycles. The molecule has 0 heterocycles. The van der Waals surface area contributed by atoms with Crippen molar-refractivity contribution >= 4 is 35.4 Å². The zero-order valence-corrected chi connectivity index (χ0v) is 18.7. The molecular weight excluding hydrogens is 436 g/mol. The number of rotatable bonds is 6. The Morgan fingerprint density at radius 2 is 1.78 bits per heavy atom. The number of carboxylic acids is 1. The predicted octanol–water partition coefficient (Wildman–Crippen LogP) is 5.17. The topological polar surface area (TPSA) is 114 Å². The van der Waals surface area contributed by atoms with Crippen molar-refractivity contribution < 1.29 is 29.0 Å². The summed E-state index contributed by atoms with van der Waals surface area (Å²) in [4.78, 5) is 34.8. The summed E-state index contributed by atoms with van der Waals surface area (Å²) >= 11 is 5.99. The van der Waals surface area contributed by atoms with Gasteiger partial charge in [-0.3, -0.25) is 5.32 Å². The van der Waals surface area contributed by atoms with Crippen LogP contribution >= 0.6 is 11.6 Å². The van der Waals surface area contributed by atoms with Gasteiger partial charge in [0, 0.05) is 12.0 Å². The SMILES string of the molecule is CC(C)(C)OC(=O)N[C@H]1CC1c1ccc(COC(=O)Nc2ccc(C(=O)O)cc2Cl)cc1. The first-order valence-electron chi connectivity index (χ1n) is 10.1. The van der Waals surface area contributed by atoms with Gasteiger partial charge in [0.2, 0.25) is 0 Å². The van der Waals surface area contributed by atoms with Crippen LogP contribution in [-0.4, -0.2) is 34.9 Å². The summed E-state index contributed by atoms with van der Waals surface area (Å²) in [5.41, 5.74) is 1.64. The molecule has 9 heteroatoms. The molecule has 0 aliphatic heterocycles. The molecule has 1 aliphatic carbocycles. The van der Waals surface area contributed by atoms with Gasteiger partial charge in [-0.25, -0.2) is 14.4 Å². The van der Waals surface area contributed by atoms with Crippen molar-refractivity contribution in [1.29, 1.82) is 0 Å². The number of nitrogens with one attached hydrogen (secondary N) is 2. The molecule has 8 nitrogen and oxygen atoms in total. The number of alkyl carbamates (subject to hydrolysis) is 1. The molecule has 1 aliphatic rings. The number of hydrogen-bond acceptors (Lipinski definition) is 5. The van der Waals surface area contributed by atoms with Crippen molar-refractivity contribution in [1.82, 2.24) is 5.32 Å². The zero-order valence-electron chi connectivity index (χ0n) is 18.0. The molecular formula is C23H25ClN2O6. The van der Waals surface area contributed by atoms with Crippen LogP contribution in [-0.2, 0) is 16.1 Å². The standard InChI is InChI=1S/C23H25ClN2O6/c1-23(2,3)32-22(30)26-19-11-16(19)14-6-4-13(5-7-14)12-31-21(29)25-18-9-8-15(20(27)28)10-17(18)24/h4-10,16,19H,11-12H2,1-3H3,(H,25,29)(H,26,30)(H,27,28)/t16?,19-/m0/s1. The van der Waals surface area contributed by atoms with E-state index in [0.717, 1.165) is 17.5 Å². The van der Waals surface area contributed by atoms with E-state index in [0.29, 0.717) is 0 Å². The Hall–Kier alpha value is -3.26. The van der Waals surface area contributed by atoms with Crippen molar-refractivity contribution in [2.75, 3.05) is 5.32 Å². The molecule has 3 N–H and O–H groups in total. The van der Waals surface area contributed by atoms with Gasteiger partial charge in [-0.1, -0.05) is 35.9 Å². The molecule has 170 valence electrons. The fraction of sp³-hybridized carbons (Fsp3) is 0.348. The fourth-order valence-electron chi connectivity index (χ4n) is 3.09. The number of ether oxygens (including phenoxy) is 2. The third kappa shape index (κ3) is 6.62. The van der Waals surface area contributed by atoms with Crippen LogP contribution in [0, 0.1) is 0 Å². The van der Waals surface area contributed by atoms with Gasteiger partial charge in [-0.2, -0.15) is 0 Å². The van der Waals surface area contributed by atoms with E-state index < -0.39 is 23.8 Å². The van der Waals surface area contributed by atoms with Gasteiger partial charge in [0.1, 0.15) is 12.2 Å². The van der Waals surface area contributed by atoms with Crippen molar-refractivity contribution in [2.45, 2.75) is 51.4 Å². The second kappa shape index (κ2) is 9.48. The highest BCUT2D eigenvalue weighted by Gasteiger charge is 2.40. The van der Waals surface area contributed by atoms with E-state index in [1.54, 1.807) is 0 Å². The number of carbonyl (C=O) groups is 3. The van der Waals surface area contributed by atoms with E-state index in [1.165, 1.54) is 18.2 Å². The highest BCUT2D eigenvalue weighted by molar-refractivity contribution is 6.34. The van der Waals surface area contributed by atoms with Crippen molar-refractivity contribution in [2.24, 2.45) is 0 Å². The highest BCUT2D eigenvalue weighted by Crippen LogP contribution is 2.41. The molecule has 1 unspecified atom stereocenters. The number of aromatic carboxylic acids is 1. The summed E-state index contributed by atoms with van der Waals surface area (Å²) in [5.74, 6) is -0.876. The number of anilines is 1. The van der Waals surface area contributed by atoms with Gasteiger partial charge in [-0.15, -0.1) is 0 Å². The third-order valence-corrected chi connectivity index (χ3v) is 5.04. The summed E-state index contributed by atoms with van der Waals surface area (Å²) in [6, 6.07) is 11.7. The lowest BCUT2D eigenvalue weighted by Crippen LogP contribution is -2.34. The van der Waals surface area contributed by atoms with Crippen LogP contribution in [0.15, 0.2) is 42.5 Å². The molecule has 2 aromatic rings. The van der Waals surface area contributed by atoms with Crippen LogP contribution < -0.4 is 10.6 Å². The van der Waals surface area contributed by atoms with Crippen LogP contribution in [0.3, 0.4) is 0 Å². The van der Waals surface area contributed by atoms with Crippen LogP contribution in [0.2, 0.25) is 5.02 Å². The lowest BCUT2D eigenvalue weighted by Gasteiger charge is -2.19. The second-order valence-electron chi connectivity index (χ2n) is 8.54. The van der Waals surface area contributed by atoms with E-state index in [1.807, 2.05) is 45.0 Å². The zero-order chi connectivity index (χ0) is 23.5. The first-order valence-corrected chi connectivity index (χ1v) is 10.4. The molecule has 2 amide bonds. The minimum atomic E-state index is -1.11. The molecule has 0 radical (unpaired) electrons. The summed E-state index contributed by atoms with van der Waals surface area (Å²) in [6.07, 6.45) is -0.277. The molecule has 0 saturated heterocycles. The Morgan fingerprint density at radius 3 is 2.38 bits per heavy atom. The number of benzene rings is 2. The van der Waals surface area contributed by atoms with E-state index in [9.17, 15) is 14.4 Å². The summed E-state index contributed by atoms with van der Waals surface area (Å²) in [7, 11) is 0. The van der Waals surface area contributed by atoms with Gasteiger partial charge >= 0.3 is 18.2 Å². The highest BCUT2D eigenvalue weighted by atomic mass is 35.5. The summed E-state index contributed by atoms with van der Waals surface area (Å²) in [6.45, 7) is 5.52. The third-order valence-electron chi connectivity index (χ3n) is 4.72. The van der Waals surface area contributed by atoms with Crippen LogP contribution in [0.1, 0.15) is 54.6 Å². The average molecular weight is 461 g/mol. The quantitative estimate of drug-likeness (QED) is 0.548. The van der Waals surface area contributed by atoms with Gasteiger partial charge in [0.25, 0.3) is 0 Å². The van der Waals surface area contributed by atoms with Gasteiger partial charge < -0.3 is 19.9 Å². The van der Waals surface area contributed by atoms with Crippen molar-refractivity contribution in [3.05, 3.63) is 64.2 Å². The maximum absolute atomic E-state index is 12.0. The Bertz CT molecular complexity index is 1020. The molecule has 0 bridgehead atoms. The fourth-order valence-corrected chi connectivity index (χ4v) is 3.32. The van der Waals surface area contributed by atoms with E-state index >= 15 is 0 Å². The number of carbonyl (C=O) groups excluding carboxylic acids is 2. The first-order chi connectivity index (χ1) is 15.0. The van der Waals surface area contributed by atoms with E-state index in [2.05, 4.69) is 10.6 Å². The summed E-state index contributed by atoms with van der Waals surface area (Å²) in [5, 5.41) is 14.4. The molecule has 2 atom stereocenters. The van der Waals surface area contributed by atoms with Crippen LogP contribution in [0.25, 0.3) is 0 Å². The lowest BCUT2D eigenvalue weighted by molar-refractivity contribution is 0.0522. The van der Waals surface area contributed by atoms with Gasteiger partial charge in [-0.05, 0) is 56.5 Å². The Labute approximate surface area is 190 Å². The predicted molar refractivity (Wildman–Crippen MR) is 119 cm³/mol. The summed E-state index contributed by atoms with van der Waals surface area (Å²) < 4.78 is 10.5. The second-order valence-corrected chi connectivity index (χ2v) is 8.94. The van der Waals surface area contributed by atoms with Crippen molar-refractivity contribution in [3.8, 4) is 0 Å². The number of amides is 2. The van der Waals surface area contributed by atoms with E-state index in [-0.39, 0.29) is 34.8 Å². The maximum atomic E-state index is 12.0. The minimum absolute atomic E-state index is 0.0215. The average Bonchev–Trinajstić information content (AvgIpc) is 3.45. The monoisotopic (exact) mass is 460 g/mol.